The van der Waals surface area contributed by atoms with E-state index in [2.05, 4.69) is 0 Å². The van der Waals surface area contributed by atoms with E-state index in [1.165, 1.54) is 0 Å². The summed E-state index contributed by atoms with van der Waals surface area (Å²) in [6.07, 6.45) is -0.145. The van der Waals surface area contributed by atoms with Crippen molar-refractivity contribution < 1.29 is 14.7 Å². The minimum atomic E-state index is -0.940. The van der Waals surface area contributed by atoms with E-state index in [1.807, 2.05) is 19.1 Å². The normalized spacial score (nSPS) is 10.2. The molecule has 0 amide bonds. The first kappa shape index (κ1) is 13.0. The Kier molecular flexibility index (Phi) is 3.76. The lowest BCUT2D eigenvalue weighted by molar-refractivity contribution is -0.136. The molecule has 0 atom stereocenters. The number of carboxylic acids is 1. The molecule has 2 aromatic rings. The highest BCUT2D eigenvalue weighted by Gasteiger charge is 2.16. The Hall–Kier alpha value is -2.42. The van der Waals surface area contributed by atoms with Gasteiger partial charge < -0.3 is 5.11 Å². The standard InChI is InChI=1S/C16H14O3/c1-11-6-2-4-8-13(11)16(19)14-9-5-3-7-12(14)10-15(17)18/h2-9H,10H2,1H3,(H,17,18). The molecule has 0 aromatic heterocycles. The maximum Gasteiger partial charge on any atom is 0.307 e. The van der Waals surface area contributed by atoms with Gasteiger partial charge in [0.1, 0.15) is 0 Å². The van der Waals surface area contributed by atoms with E-state index < -0.39 is 5.97 Å². The van der Waals surface area contributed by atoms with Gasteiger partial charge >= 0.3 is 5.97 Å². The molecule has 0 aliphatic carbocycles. The zero-order valence-corrected chi connectivity index (χ0v) is 10.6. The molecule has 0 bridgehead atoms. The lowest BCUT2D eigenvalue weighted by atomic mass is 9.94. The van der Waals surface area contributed by atoms with Crippen molar-refractivity contribution >= 4 is 11.8 Å². The maximum atomic E-state index is 12.5. The average Bonchev–Trinajstić information content (AvgIpc) is 2.38. The van der Waals surface area contributed by atoms with Crippen LogP contribution >= 0.6 is 0 Å². The van der Waals surface area contributed by atoms with Gasteiger partial charge in [-0.2, -0.15) is 0 Å². The second-order valence-electron chi connectivity index (χ2n) is 4.37. The van der Waals surface area contributed by atoms with Gasteiger partial charge in [-0.25, -0.2) is 0 Å². The number of carbonyl (C=O) groups excluding carboxylic acids is 1. The Morgan fingerprint density at radius 2 is 1.53 bits per heavy atom. The number of rotatable bonds is 4. The molecule has 19 heavy (non-hydrogen) atoms. The van der Waals surface area contributed by atoms with Crippen molar-refractivity contribution in [2.45, 2.75) is 13.3 Å². The molecule has 1 N–H and O–H groups in total. The van der Waals surface area contributed by atoms with Crippen molar-refractivity contribution in [3.63, 3.8) is 0 Å². The van der Waals surface area contributed by atoms with Gasteiger partial charge in [0.2, 0.25) is 0 Å². The molecule has 0 aliphatic heterocycles. The molecule has 0 fully saturated rings. The van der Waals surface area contributed by atoms with E-state index in [0.29, 0.717) is 16.7 Å². The van der Waals surface area contributed by atoms with Crippen LogP contribution < -0.4 is 0 Å². The molecule has 0 saturated heterocycles. The number of carbonyl (C=O) groups is 2. The van der Waals surface area contributed by atoms with Crippen LogP contribution in [0.15, 0.2) is 48.5 Å². The predicted octanol–water partition coefficient (Wildman–Crippen LogP) is 2.85. The summed E-state index contributed by atoms with van der Waals surface area (Å²) in [6.45, 7) is 1.87. The summed E-state index contributed by atoms with van der Waals surface area (Å²) in [6, 6.07) is 14.1. The number of hydrogen-bond acceptors (Lipinski definition) is 2. The highest BCUT2D eigenvalue weighted by atomic mass is 16.4. The van der Waals surface area contributed by atoms with Gasteiger partial charge in [-0.1, -0.05) is 48.5 Å². The molecular formula is C16H14O3. The summed E-state index contributed by atoms with van der Waals surface area (Å²) in [5, 5.41) is 8.89. The molecule has 0 aliphatic rings. The highest BCUT2D eigenvalue weighted by molar-refractivity contribution is 6.11. The first-order chi connectivity index (χ1) is 9.09. The Bertz CT molecular complexity index is 629. The summed E-state index contributed by atoms with van der Waals surface area (Å²) in [4.78, 5) is 23.3. The number of aryl methyl sites for hydroxylation is 1. The van der Waals surface area contributed by atoms with Crippen LogP contribution in [0.3, 0.4) is 0 Å². The molecule has 3 heteroatoms. The molecule has 96 valence electrons. The summed E-state index contributed by atoms with van der Waals surface area (Å²) >= 11 is 0. The molecule has 0 saturated carbocycles. The van der Waals surface area contributed by atoms with Crippen LogP contribution in [0, 0.1) is 6.92 Å². The van der Waals surface area contributed by atoms with Crippen LogP contribution in [0.2, 0.25) is 0 Å². The topological polar surface area (TPSA) is 54.4 Å². The Balaban J connectivity index is 2.45. The Labute approximate surface area is 111 Å². The number of hydrogen-bond donors (Lipinski definition) is 1. The number of benzene rings is 2. The number of ketones is 1. The van der Waals surface area contributed by atoms with Crippen LogP contribution in [0.5, 0.6) is 0 Å². The molecule has 0 heterocycles. The van der Waals surface area contributed by atoms with Crippen molar-refractivity contribution in [2.24, 2.45) is 0 Å². The molecule has 2 rings (SSSR count). The number of carboxylic acid groups (broad SMARTS) is 1. The summed E-state index contributed by atoms with van der Waals surface area (Å²) in [7, 11) is 0. The quantitative estimate of drug-likeness (QED) is 0.853. The second-order valence-corrected chi connectivity index (χ2v) is 4.37. The fraction of sp³-hybridized carbons (Fsp3) is 0.125. The van der Waals surface area contributed by atoms with Gasteiger partial charge in [-0.3, -0.25) is 9.59 Å². The lowest BCUT2D eigenvalue weighted by Crippen LogP contribution is -2.10. The van der Waals surface area contributed by atoms with E-state index >= 15 is 0 Å². The van der Waals surface area contributed by atoms with Crippen LogP contribution in [-0.2, 0) is 11.2 Å². The van der Waals surface area contributed by atoms with Crippen LogP contribution in [-0.4, -0.2) is 16.9 Å². The molecule has 0 radical (unpaired) electrons. The Morgan fingerprint density at radius 1 is 0.947 bits per heavy atom. The lowest BCUT2D eigenvalue weighted by Gasteiger charge is -2.08. The van der Waals surface area contributed by atoms with Gasteiger partial charge in [0.05, 0.1) is 6.42 Å². The SMILES string of the molecule is Cc1ccccc1C(=O)c1ccccc1CC(=O)O. The van der Waals surface area contributed by atoms with E-state index in [9.17, 15) is 9.59 Å². The molecule has 0 unspecified atom stereocenters. The second kappa shape index (κ2) is 5.48. The molecule has 3 nitrogen and oxygen atoms in total. The zero-order valence-electron chi connectivity index (χ0n) is 10.6. The van der Waals surface area contributed by atoms with Gasteiger partial charge in [-0.05, 0) is 18.1 Å². The first-order valence-electron chi connectivity index (χ1n) is 5.99. The van der Waals surface area contributed by atoms with Crippen LogP contribution in [0.4, 0.5) is 0 Å². The molecular weight excluding hydrogens is 240 g/mol. The van der Waals surface area contributed by atoms with E-state index in [4.69, 9.17) is 5.11 Å². The minimum absolute atomic E-state index is 0.130. The van der Waals surface area contributed by atoms with Gasteiger partial charge in [0.25, 0.3) is 0 Å². The van der Waals surface area contributed by atoms with Crippen molar-refractivity contribution in [3.8, 4) is 0 Å². The van der Waals surface area contributed by atoms with E-state index in [0.717, 1.165) is 5.56 Å². The highest BCUT2D eigenvalue weighted by Crippen LogP contribution is 2.17. The average molecular weight is 254 g/mol. The summed E-state index contributed by atoms with van der Waals surface area (Å²) in [5.74, 6) is -1.07. The fourth-order valence-corrected chi connectivity index (χ4v) is 2.03. The van der Waals surface area contributed by atoms with E-state index in [-0.39, 0.29) is 12.2 Å². The van der Waals surface area contributed by atoms with Crippen LogP contribution in [0.1, 0.15) is 27.0 Å². The molecule has 2 aromatic carbocycles. The summed E-state index contributed by atoms with van der Waals surface area (Å²) in [5.41, 5.74) is 2.50. The summed E-state index contributed by atoms with van der Waals surface area (Å²) < 4.78 is 0. The maximum absolute atomic E-state index is 12.5. The van der Waals surface area contributed by atoms with Crippen molar-refractivity contribution in [1.29, 1.82) is 0 Å². The van der Waals surface area contributed by atoms with Gasteiger partial charge in [-0.15, -0.1) is 0 Å². The van der Waals surface area contributed by atoms with Crippen molar-refractivity contribution in [2.75, 3.05) is 0 Å². The zero-order chi connectivity index (χ0) is 13.8. The van der Waals surface area contributed by atoms with Crippen molar-refractivity contribution in [3.05, 3.63) is 70.8 Å². The van der Waals surface area contributed by atoms with Gasteiger partial charge in [0.15, 0.2) is 5.78 Å². The molecule has 0 spiro atoms. The van der Waals surface area contributed by atoms with E-state index in [1.54, 1.807) is 36.4 Å². The third-order valence-corrected chi connectivity index (χ3v) is 2.99. The minimum Gasteiger partial charge on any atom is -0.481 e. The monoisotopic (exact) mass is 254 g/mol. The van der Waals surface area contributed by atoms with Crippen LogP contribution in [0.25, 0.3) is 0 Å². The van der Waals surface area contributed by atoms with Gasteiger partial charge in [0, 0.05) is 11.1 Å². The van der Waals surface area contributed by atoms with Crippen molar-refractivity contribution in [1.82, 2.24) is 0 Å². The third kappa shape index (κ3) is 2.88. The number of aliphatic carboxylic acids is 1. The Morgan fingerprint density at radius 3 is 2.16 bits per heavy atom. The predicted molar refractivity (Wildman–Crippen MR) is 72.4 cm³/mol. The first-order valence-corrected chi connectivity index (χ1v) is 5.99. The smallest absolute Gasteiger partial charge is 0.307 e. The third-order valence-electron chi connectivity index (χ3n) is 2.99. The largest absolute Gasteiger partial charge is 0.481 e. The fourth-order valence-electron chi connectivity index (χ4n) is 2.03.